The molecule has 0 heterocycles. The van der Waals surface area contributed by atoms with Gasteiger partial charge in [-0.05, 0) is 42.5 Å². The molecule has 0 bridgehead atoms. The van der Waals surface area contributed by atoms with Crippen molar-refractivity contribution < 1.29 is 17.9 Å². The standard InChI is InChI=1S/C12H13BrF3NO/c13-9-4-8(11(17)7-2-1-3-7)5-10(6-9)18-12(14,15)16/h4-7,11H,1-3,17H2/t11-/m1/s1. The quantitative estimate of drug-likeness (QED) is 0.907. The molecule has 0 spiro atoms. The van der Waals surface area contributed by atoms with Crippen LogP contribution in [0.5, 0.6) is 5.75 Å². The maximum Gasteiger partial charge on any atom is 0.573 e. The Kier molecular flexibility index (Phi) is 3.87. The minimum absolute atomic E-state index is 0.230. The van der Waals surface area contributed by atoms with E-state index in [2.05, 4.69) is 20.7 Å². The molecule has 0 amide bonds. The summed E-state index contributed by atoms with van der Waals surface area (Å²) < 4.78 is 41.0. The van der Waals surface area contributed by atoms with Crippen molar-refractivity contribution in [2.75, 3.05) is 0 Å². The van der Waals surface area contributed by atoms with Gasteiger partial charge in [0.1, 0.15) is 5.75 Å². The van der Waals surface area contributed by atoms with Crippen LogP contribution in [0.25, 0.3) is 0 Å². The van der Waals surface area contributed by atoms with Gasteiger partial charge >= 0.3 is 6.36 Å². The fourth-order valence-electron chi connectivity index (χ4n) is 2.04. The molecule has 1 aromatic rings. The fraction of sp³-hybridized carbons (Fsp3) is 0.500. The summed E-state index contributed by atoms with van der Waals surface area (Å²) in [5.74, 6) is 0.125. The highest BCUT2D eigenvalue weighted by Gasteiger charge is 2.32. The Morgan fingerprint density at radius 1 is 1.28 bits per heavy atom. The van der Waals surface area contributed by atoms with Gasteiger partial charge in [0, 0.05) is 10.5 Å². The van der Waals surface area contributed by atoms with Crippen molar-refractivity contribution in [1.29, 1.82) is 0 Å². The molecular formula is C12H13BrF3NO. The lowest BCUT2D eigenvalue weighted by atomic mass is 9.77. The molecule has 0 aliphatic heterocycles. The molecule has 1 saturated carbocycles. The van der Waals surface area contributed by atoms with E-state index in [1.54, 1.807) is 6.07 Å². The number of nitrogens with two attached hydrogens (primary N) is 1. The zero-order valence-corrected chi connectivity index (χ0v) is 11.1. The number of hydrogen-bond acceptors (Lipinski definition) is 2. The summed E-state index contributed by atoms with van der Waals surface area (Å²) in [6.45, 7) is 0. The van der Waals surface area contributed by atoms with Crippen LogP contribution in [0.4, 0.5) is 13.2 Å². The topological polar surface area (TPSA) is 35.2 Å². The maximum absolute atomic E-state index is 12.2. The van der Waals surface area contributed by atoms with Gasteiger partial charge in [-0.1, -0.05) is 22.4 Å². The van der Waals surface area contributed by atoms with E-state index in [1.807, 2.05) is 0 Å². The van der Waals surface area contributed by atoms with Crippen molar-refractivity contribution >= 4 is 15.9 Å². The molecule has 18 heavy (non-hydrogen) atoms. The lowest BCUT2D eigenvalue weighted by Gasteiger charge is -2.31. The van der Waals surface area contributed by atoms with Crippen LogP contribution >= 0.6 is 15.9 Å². The van der Waals surface area contributed by atoms with E-state index in [0.29, 0.717) is 16.0 Å². The molecule has 1 fully saturated rings. The van der Waals surface area contributed by atoms with E-state index in [-0.39, 0.29) is 11.8 Å². The second-order valence-electron chi connectivity index (χ2n) is 4.48. The summed E-state index contributed by atoms with van der Waals surface area (Å²) in [6, 6.07) is 4.16. The van der Waals surface area contributed by atoms with E-state index in [1.165, 1.54) is 12.1 Å². The van der Waals surface area contributed by atoms with Crippen LogP contribution in [0.1, 0.15) is 30.9 Å². The van der Waals surface area contributed by atoms with Crippen LogP contribution in [0, 0.1) is 5.92 Å². The number of rotatable bonds is 3. The van der Waals surface area contributed by atoms with Crippen molar-refractivity contribution in [2.24, 2.45) is 11.7 Å². The van der Waals surface area contributed by atoms with Crippen molar-refractivity contribution in [1.82, 2.24) is 0 Å². The number of hydrogen-bond donors (Lipinski definition) is 1. The lowest BCUT2D eigenvalue weighted by Crippen LogP contribution is -2.27. The molecule has 0 unspecified atom stereocenters. The molecule has 2 nitrogen and oxygen atoms in total. The summed E-state index contributed by atoms with van der Waals surface area (Å²) in [7, 11) is 0. The molecular weight excluding hydrogens is 311 g/mol. The van der Waals surface area contributed by atoms with Gasteiger partial charge in [0.25, 0.3) is 0 Å². The number of halogens is 4. The molecule has 0 saturated heterocycles. The number of alkyl halides is 3. The minimum atomic E-state index is -4.68. The predicted molar refractivity (Wildman–Crippen MR) is 65.1 cm³/mol. The first kappa shape index (κ1) is 13.7. The van der Waals surface area contributed by atoms with E-state index >= 15 is 0 Å². The summed E-state index contributed by atoms with van der Waals surface area (Å²) >= 11 is 3.18. The largest absolute Gasteiger partial charge is 0.573 e. The third-order valence-corrected chi connectivity index (χ3v) is 3.63. The first-order valence-electron chi connectivity index (χ1n) is 5.67. The molecule has 1 aromatic carbocycles. The van der Waals surface area contributed by atoms with Crippen LogP contribution < -0.4 is 10.5 Å². The van der Waals surface area contributed by atoms with Gasteiger partial charge in [-0.3, -0.25) is 0 Å². The third kappa shape index (κ3) is 3.38. The van der Waals surface area contributed by atoms with Crippen molar-refractivity contribution in [3.05, 3.63) is 28.2 Å². The summed E-state index contributed by atoms with van der Waals surface area (Å²) in [4.78, 5) is 0. The zero-order chi connectivity index (χ0) is 13.3. The second-order valence-corrected chi connectivity index (χ2v) is 5.40. The molecule has 2 N–H and O–H groups in total. The smallest absolute Gasteiger partial charge is 0.406 e. The van der Waals surface area contributed by atoms with E-state index in [9.17, 15) is 13.2 Å². The van der Waals surface area contributed by atoms with Crippen molar-refractivity contribution in [3.8, 4) is 5.75 Å². The summed E-state index contributed by atoms with van der Waals surface area (Å²) in [6.07, 6.45) is -1.48. The normalized spacial score (nSPS) is 18.3. The lowest BCUT2D eigenvalue weighted by molar-refractivity contribution is -0.274. The minimum Gasteiger partial charge on any atom is -0.406 e. The van der Waals surface area contributed by atoms with Crippen molar-refractivity contribution in [3.63, 3.8) is 0 Å². The fourth-order valence-corrected chi connectivity index (χ4v) is 2.53. The molecule has 100 valence electrons. The van der Waals surface area contributed by atoms with Crippen LogP contribution in [0.15, 0.2) is 22.7 Å². The summed E-state index contributed by atoms with van der Waals surface area (Å²) in [5.41, 5.74) is 6.72. The summed E-state index contributed by atoms with van der Waals surface area (Å²) in [5, 5.41) is 0. The molecule has 1 atom stereocenters. The Morgan fingerprint density at radius 3 is 2.44 bits per heavy atom. The molecule has 0 aromatic heterocycles. The Labute approximate surface area is 111 Å². The van der Waals surface area contributed by atoms with Gasteiger partial charge in [-0.25, -0.2) is 0 Å². The zero-order valence-electron chi connectivity index (χ0n) is 9.51. The van der Waals surface area contributed by atoms with E-state index < -0.39 is 6.36 Å². The van der Waals surface area contributed by atoms with Gasteiger partial charge in [-0.2, -0.15) is 0 Å². The highest BCUT2D eigenvalue weighted by atomic mass is 79.9. The van der Waals surface area contributed by atoms with Crippen LogP contribution in [0.3, 0.4) is 0 Å². The Balaban J connectivity index is 2.20. The van der Waals surface area contributed by atoms with Gasteiger partial charge in [0.15, 0.2) is 0 Å². The average Bonchev–Trinajstić information content (AvgIpc) is 2.10. The van der Waals surface area contributed by atoms with E-state index in [0.717, 1.165) is 19.3 Å². The molecule has 6 heteroatoms. The van der Waals surface area contributed by atoms with Crippen molar-refractivity contribution in [2.45, 2.75) is 31.7 Å². The number of ether oxygens (including phenoxy) is 1. The molecule has 1 aliphatic carbocycles. The Morgan fingerprint density at radius 2 is 1.94 bits per heavy atom. The molecule has 1 aliphatic rings. The van der Waals surface area contributed by atoms with Crippen LogP contribution in [0.2, 0.25) is 0 Å². The predicted octanol–water partition coefficient (Wildman–Crippen LogP) is 4.15. The first-order valence-corrected chi connectivity index (χ1v) is 6.46. The first-order chi connectivity index (χ1) is 8.35. The Bertz CT molecular complexity index is 432. The van der Waals surface area contributed by atoms with Crippen LogP contribution in [-0.2, 0) is 0 Å². The maximum atomic E-state index is 12.2. The van der Waals surface area contributed by atoms with Gasteiger partial charge in [0.05, 0.1) is 0 Å². The van der Waals surface area contributed by atoms with Crippen LogP contribution in [-0.4, -0.2) is 6.36 Å². The monoisotopic (exact) mass is 323 g/mol. The third-order valence-electron chi connectivity index (χ3n) is 3.17. The molecule has 2 rings (SSSR count). The van der Waals surface area contributed by atoms with E-state index in [4.69, 9.17) is 5.73 Å². The second kappa shape index (κ2) is 5.09. The average molecular weight is 324 g/mol. The van der Waals surface area contributed by atoms with Gasteiger partial charge in [-0.15, -0.1) is 13.2 Å². The van der Waals surface area contributed by atoms with Gasteiger partial charge < -0.3 is 10.5 Å². The Hall–Kier alpha value is -0.750. The highest BCUT2D eigenvalue weighted by Crippen LogP contribution is 2.38. The highest BCUT2D eigenvalue weighted by molar-refractivity contribution is 9.10. The SMILES string of the molecule is N[C@@H](c1cc(Br)cc(OC(F)(F)F)c1)C1CCC1. The molecule has 0 radical (unpaired) electrons. The number of benzene rings is 1. The van der Waals surface area contributed by atoms with Gasteiger partial charge in [0.2, 0.25) is 0 Å².